The number of alkyl halides is 3. The molecule has 0 aliphatic carbocycles. The van der Waals surface area contributed by atoms with Crippen molar-refractivity contribution < 1.29 is 22.7 Å². The number of rotatable bonds is 6. The van der Waals surface area contributed by atoms with Crippen LogP contribution in [0.3, 0.4) is 0 Å². The molecule has 0 unspecified atom stereocenters. The van der Waals surface area contributed by atoms with E-state index < -0.39 is 18.6 Å². The summed E-state index contributed by atoms with van der Waals surface area (Å²) in [6, 6.07) is 10.6. The number of nitrogens with zero attached hydrogens (tertiary/aromatic N) is 4. The molecule has 10 heteroatoms. The average molecular weight is 441 g/mol. The van der Waals surface area contributed by atoms with Gasteiger partial charge in [0.25, 0.3) is 0 Å². The number of carbonyl (C=O) groups excluding carboxylic acids is 1. The fourth-order valence-electron chi connectivity index (χ4n) is 3.26. The molecule has 4 aromatic rings. The summed E-state index contributed by atoms with van der Waals surface area (Å²) in [6.07, 6.45) is 2.14. The molecule has 0 aliphatic heterocycles. The highest BCUT2D eigenvalue weighted by atomic mass is 19.4. The molecule has 0 saturated heterocycles. The molecule has 1 amide bonds. The van der Waals surface area contributed by atoms with Gasteiger partial charge in [0.05, 0.1) is 25.4 Å². The number of hydrogen-bond donors (Lipinski definition) is 1. The van der Waals surface area contributed by atoms with Crippen molar-refractivity contribution in [1.29, 1.82) is 0 Å². The van der Waals surface area contributed by atoms with Gasteiger partial charge in [0.1, 0.15) is 17.9 Å². The molecule has 1 N–H and O–H groups in total. The lowest BCUT2D eigenvalue weighted by molar-refractivity contribution is -0.138. The lowest BCUT2D eigenvalue weighted by atomic mass is 10.0. The second-order valence-corrected chi connectivity index (χ2v) is 7.00. The van der Waals surface area contributed by atoms with Gasteiger partial charge in [-0.2, -0.15) is 13.2 Å². The predicted octanol–water partition coefficient (Wildman–Crippen LogP) is 3.69. The smallest absolute Gasteiger partial charge is 0.405 e. The fraction of sp³-hybridized carbons (Fsp3) is 0.182. The van der Waals surface area contributed by atoms with Crippen LogP contribution in [0.1, 0.15) is 5.56 Å². The summed E-state index contributed by atoms with van der Waals surface area (Å²) in [7, 11) is 1.48. The molecule has 0 aliphatic rings. The van der Waals surface area contributed by atoms with E-state index in [1.165, 1.54) is 7.11 Å². The van der Waals surface area contributed by atoms with E-state index in [9.17, 15) is 18.0 Å². The largest absolute Gasteiger partial charge is 0.497 e. The molecule has 7 nitrogen and oxygen atoms in total. The Labute approximate surface area is 180 Å². The maximum atomic E-state index is 12.4. The molecule has 0 saturated carbocycles. The third-order valence-corrected chi connectivity index (χ3v) is 4.69. The molecule has 32 heavy (non-hydrogen) atoms. The van der Waals surface area contributed by atoms with Crippen LogP contribution in [0.2, 0.25) is 0 Å². The third kappa shape index (κ3) is 4.85. The zero-order valence-corrected chi connectivity index (χ0v) is 16.9. The van der Waals surface area contributed by atoms with Crippen LogP contribution < -0.4 is 10.1 Å². The summed E-state index contributed by atoms with van der Waals surface area (Å²) in [5, 5.41) is 1.88. The highest BCUT2D eigenvalue weighted by molar-refractivity contribution is 5.79. The number of amides is 1. The van der Waals surface area contributed by atoms with Gasteiger partial charge >= 0.3 is 6.18 Å². The molecular formula is C22H18F3N5O2. The first-order chi connectivity index (χ1) is 15.3. The molecule has 0 atom stereocenters. The van der Waals surface area contributed by atoms with Crippen molar-refractivity contribution in [3.63, 3.8) is 0 Å². The molecule has 0 bridgehead atoms. The number of methoxy groups -OCH3 is 1. The predicted molar refractivity (Wildman–Crippen MR) is 111 cm³/mol. The van der Waals surface area contributed by atoms with E-state index in [2.05, 4.69) is 15.0 Å². The van der Waals surface area contributed by atoms with Gasteiger partial charge in [-0.15, -0.1) is 0 Å². The van der Waals surface area contributed by atoms with Crippen LogP contribution >= 0.6 is 0 Å². The average Bonchev–Trinajstić information content (AvgIpc) is 3.21. The molecular weight excluding hydrogens is 423 g/mol. The third-order valence-electron chi connectivity index (χ3n) is 4.69. The Bertz CT molecular complexity index is 1260. The Hall–Kier alpha value is -3.95. The number of carbonyl (C=O) groups is 1. The van der Waals surface area contributed by atoms with E-state index in [1.807, 2.05) is 28.0 Å². The Morgan fingerprint density at radius 1 is 1.09 bits per heavy atom. The maximum Gasteiger partial charge on any atom is 0.405 e. The summed E-state index contributed by atoms with van der Waals surface area (Å²) < 4.78 is 44.2. The van der Waals surface area contributed by atoms with E-state index >= 15 is 0 Å². The number of halogens is 3. The molecule has 4 rings (SSSR count). The number of aromatic nitrogens is 4. The molecule has 0 radical (unpaired) electrons. The van der Waals surface area contributed by atoms with Gasteiger partial charge in [0.15, 0.2) is 5.82 Å². The summed E-state index contributed by atoms with van der Waals surface area (Å²) in [5.41, 5.74) is 3.43. The number of nitrogens with one attached hydrogen (secondary N) is 1. The lowest BCUT2D eigenvalue weighted by Crippen LogP contribution is -2.34. The van der Waals surface area contributed by atoms with Crippen LogP contribution in [-0.4, -0.2) is 45.1 Å². The SMILES string of the molecule is COc1cc(CC(=O)NCC(F)(F)F)cc(-c2cnc3cc(-c4ncccn4)ccn23)c1. The Morgan fingerprint density at radius 3 is 2.59 bits per heavy atom. The normalized spacial score (nSPS) is 11.5. The first-order valence-corrected chi connectivity index (χ1v) is 9.59. The maximum absolute atomic E-state index is 12.4. The molecule has 0 fully saturated rings. The highest BCUT2D eigenvalue weighted by Crippen LogP contribution is 2.28. The number of imidazole rings is 1. The molecule has 3 heterocycles. The topological polar surface area (TPSA) is 81.4 Å². The van der Waals surface area contributed by atoms with Crippen LogP contribution in [0.15, 0.2) is 61.2 Å². The quantitative estimate of drug-likeness (QED) is 0.494. The number of ether oxygens (including phenoxy) is 1. The summed E-state index contributed by atoms with van der Waals surface area (Å²) in [5.74, 6) is 0.325. The zero-order valence-electron chi connectivity index (χ0n) is 16.9. The standard InChI is InChI=1S/C22H18F3N5O2/c1-32-17-8-14(9-20(31)29-13-22(23,24)25)7-16(10-17)18-12-28-19-11-15(3-6-30(18)19)21-26-4-2-5-27-21/h2-8,10-12H,9,13H2,1H3,(H,29,31). The van der Waals surface area contributed by atoms with Gasteiger partial charge in [0, 0.05) is 29.7 Å². The van der Waals surface area contributed by atoms with E-state index in [1.54, 1.807) is 42.9 Å². The van der Waals surface area contributed by atoms with Gasteiger partial charge in [-0.1, -0.05) is 0 Å². The second kappa shape index (κ2) is 8.66. The summed E-state index contributed by atoms with van der Waals surface area (Å²) in [6.45, 7) is -1.37. The van der Waals surface area contributed by atoms with Gasteiger partial charge in [-0.05, 0) is 42.0 Å². The van der Waals surface area contributed by atoms with Crippen LogP contribution in [0, 0.1) is 0 Å². The zero-order chi connectivity index (χ0) is 22.7. The molecule has 0 spiro atoms. The number of hydrogen-bond acceptors (Lipinski definition) is 5. The van der Waals surface area contributed by atoms with Crippen molar-refractivity contribution in [1.82, 2.24) is 24.7 Å². The van der Waals surface area contributed by atoms with Crippen molar-refractivity contribution in [2.45, 2.75) is 12.6 Å². The summed E-state index contributed by atoms with van der Waals surface area (Å²) >= 11 is 0. The first kappa shape index (κ1) is 21.3. The Kier molecular flexibility index (Phi) is 5.76. The van der Waals surface area contributed by atoms with Gasteiger partial charge in [-0.25, -0.2) is 15.0 Å². The van der Waals surface area contributed by atoms with E-state index in [0.717, 1.165) is 11.3 Å². The van der Waals surface area contributed by atoms with Crippen LogP contribution in [0.5, 0.6) is 5.75 Å². The molecule has 1 aromatic carbocycles. The summed E-state index contributed by atoms with van der Waals surface area (Å²) in [4.78, 5) is 24.9. The Morgan fingerprint density at radius 2 is 1.88 bits per heavy atom. The van der Waals surface area contributed by atoms with Crippen LogP contribution in [0.25, 0.3) is 28.3 Å². The van der Waals surface area contributed by atoms with Crippen LogP contribution in [0.4, 0.5) is 13.2 Å². The highest BCUT2D eigenvalue weighted by Gasteiger charge is 2.27. The fourth-order valence-corrected chi connectivity index (χ4v) is 3.26. The van der Waals surface area contributed by atoms with E-state index in [0.29, 0.717) is 28.3 Å². The van der Waals surface area contributed by atoms with Gasteiger partial charge < -0.3 is 10.1 Å². The van der Waals surface area contributed by atoms with Crippen molar-refractivity contribution in [2.24, 2.45) is 0 Å². The van der Waals surface area contributed by atoms with E-state index in [4.69, 9.17) is 4.74 Å². The van der Waals surface area contributed by atoms with Crippen molar-refractivity contribution in [2.75, 3.05) is 13.7 Å². The van der Waals surface area contributed by atoms with Crippen molar-refractivity contribution >= 4 is 11.6 Å². The first-order valence-electron chi connectivity index (χ1n) is 9.59. The lowest BCUT2D eigenvalue weighted by Gasteiger charge is -2.11. The second-order valence-electron chi connectivity index (χ2n) is 7.00. The van der Waals surface area contributed by atoms with E-state index in [-0.39, 0.29) is 6.42 Å². The minimum atomic E-state index is -4.46. The van der Waals surface area contributed by atoms with Crippen molar-refractivity contribution in [3.8, 4) is 28.4 Å². The number of benzene rings is 1. The van der Waals surface area contributed by atoms with Gasteiger partial charge in [0.2, 0.25) is 5.91 Å². The van der Waals surface area contributed by atoms with Crippen LogP contribution in [-0.2, 0) is 11.2 Å². The number of pyridine rings is 1. The monoisotopic (exact) mass is 441 g/mol. The minimum absolute atomic E-state index is 0.216. The van der Waals surface area contributed by atoms with Gasteiger partial charge in [-0.3, -0.25) is 9.20 Å². The minimum Gasteiger partial charge on any atom is -0.497 e. The molecule has 164 valence electrons. The molecule has 3 aromatic heterocycles. The Balaban J connectivity index is 1.64. The van der Waals surface area contributed by atoms with Crippen molar-refractivity contribution in [3.05, 3.63) is 66.7 Å². The number of fused-ring (bicyclic) bond motifs is 1.